The number of hydrogen-bond donors (Lipinski definition) is 4. The van der Waals surface area contributed by atoms with Gasteiger partial charge in [0.25, 0.3) is 0 Å². The third kappa shape index (κ3) is 3.93. The highest BCUT2D eigenvalue weighted by Crippen LogP contribution is 2.22. The zero-order valence-electron chi connectivity index (χ0n) is 12.0. The summed E-state index contributed by atoms with van der Waals surface area (Å²) in [5.74, 6) is -0.0729. The Morgan fingerprint density at radius 1 is 1.33 bits per heavy atom. The summed E-state index contributed by atoms with van der Waals surface area (Å²) in [6.07, 6.45) is 1.50. The summed E-state index contributed by atoms with van der Waals surface area (Å²) in [7, 11) is 0. The molecule has 0 aliphatic carbocycles. The molecule has 0 saturated carbocycles. The summed E-state index contributed by atoms with van der Waals surface area (Å²) < 4.78 is 5.35. The molecule has 0 aromatic heterocycles. The quantitative estimate of drug-likeness (QED) is 0.267. The minimum absolute atomic E-state index is 0.0496. The van der Waals surface area contributed by atoms with Gasteiger partial charge in [0, 0.05) is 25.3 Å². The molecule has 1 fully saturated rings. The van der Waals surface area contributed by atoms with E-state index in [4.69, 9.17) is 15.7 Å². The summed E-state index contributed by atoms with van der Waals surface area (Å²) >= 11 is 0. The molecule has 6 heteroatoms. The van der Waals surface area contributed by atoms with Crippen molar-refractivity contribution in [3.63, 3.8) is 0 Å². The molecule has 0 radical (unpaired) electrons. The van der Waals surface area contributed by atoms with E-state index in [1.54, 1.807) is 0 Å². The third-order valence-electron chi connectivity index (χ3n) is 4.11. The second-order valence-electron chi connectivity index (χ2n) is 5.42. The predicted molar refractivity (Wildman–Crippen MR) is 80.5 cm³/mol. The number of amidine groups is 1. The maximum Gasteiger partial charge on any atom is 0.147 e. The lowest BCUT2D eigenvalue weighted by Gasteiger charge is -2.37. The molecule has 0 amide bonds. The van der Waals surface area contributed by atoms with E-state index < -0.39 is 0 Å². The number of rotatable bonds is 6. The minimum atomic E-state index is -0.346. The highest BCUT2D eigenvalue weighted by molar-refractivity contribution is 5.87. The molecule has 1 unspecified atom stereocenters. The molecule has 116 valence electrons. The van der Waals surface area contributed by atoms with Crippen molar-refractivity contribution in [3.8, 4) is 0 Å². The molecular formula is C15H23N3O3. The van der Waals surface area contributed by atoms with Crippen LogP contribution in [-0.4, -0.2) is 48.1 Å². The second-order valence-corrected chi connectivity index (χ2v) is 5.42. The summed E-state index contributed by atoms with van der Waals surface area (Å²) in [5, 5.41) is 25.2. The summed E-state index contributed by atoms with van der Waals surface area (Å²) in [5.41, 5.74) is 6.45. The number of hydrogen-bond acceptors (Lipinski definition) is 5. The number of benzene rings is 1. The second kappa shape index (κ2) is 7.40. The molecule has 1 aromatic rings. The Morgan fingerprint density at radius 3 is 2.57 bits per heavy atom. The fourth-order valence-electron chi connectivity index (χ4n) is 2.62. The van der Waals surface area contributed by atoms with Crippen LogP contribution in [0.4, 0.5) is 0 Å². The van der Waals surface area contributed by atoms with E-state index in [0.29, 0.717) is 19.8 Å². The standard InChI is InChI=1S/C15H23N3O3/c16-14(18-20)13(12-4-2-1-3-5-12)10-17-15(11-19)6-8-21-9-7-15/h1-5,13,17,19-20H,6-11H2,(H2,16,18). The van der Waals surface area contributed by atoms with Gasteiger partial charge in [-0.25, -0.2) is 0 Å². The molecule has 5 N–H and O–H groups in total. The van der Waals surface area contributed by atoms with Gasteiger partial charge in [0.2, 0.25) is 0 Å². The van der Waals surface area contributed by atoms with Crippen LogP contribution in [0.15, 0.2) is 35.5 Å². The summed E-state index contributed by atoms with van der Waals surface area (Å²) in [6.45, 7) is 1.81. The molecule has 0 bridgehead atoms. The van der Waals surface area contributed by atoms with Gasteiger partial charge in [-0.15, -0.1) is 0 Å². The van der Waals surface area contributed by atoms with Gasteiger partial charge in [-0.05, 0) is 18.4 Å². The predicted octanol–water partition coefficient (Wildman–Crippen LogP) is 0.648. The van der Waals surface area contributed by atoms with Crippen LogP contribution in [0.1, 0.15) is 24.3 Å². The number of oxime groups is 1. The molecule has 21 heavy (non-hydrogen) atoms. The van der Waals surface area contributed by atoms with Crippen molar-refractivity contribution in [1.82, 2.24) is 5.32 Å². The Kier molecular flexibility index (Phi) is 5.55. The Balaban J connectivity index is 2.09. The lowest BCUT2D eigenvalue weighted by Crippen LogP contribution is -2.54. The van der Waals surface area contributed by atoms with Crippen molar-refractivity contribution in [3.05, 3.63) is 35.9 Å². The zero-order chi connectivity index (χ0) is 15.1. The monoisotopic (exact) mass is 293 g/mol. The van der Waals surface area contributed by atoms with E-state index in [9.17, 15) is 5.11 Å². The van der Waals surface area contributed by atoms with Gasteiger partial charge in [-0.1, -0.05) is 35.5 Å². The van der Waals surface area contributed by atoms with E-state index in [1.807, 2.05) is 30.3 Å². The Hall–Kier alpha value is -1.63. The molecule has 6 nitrogen and oxygen atoms in total. The van der Waals surface area contributed by atoms with Crippen molar-refractivity contribution < 1.29 is 15.1 Å². The van der Waals surface area contributed by atoms with Crippen molar-refractivity contribution >= 4 is 5.84 Å². The Morgan fingerprint density at radius 2 is 2.00 bits per heavy atom. The fourth-order valence-corrected chi connectivity index (χ4v) is 2.62. The van der Waals surface area contributed by atoms with Crippen LogP contribution in [0.3, 0.4) is 0 Å². The van der Waals surface area contributed by atoms with Crippen LogP contribution >= 0.6 is 0 Å². The summed E-state index contributed by atoms with van der Waals surface area (Å²) in [6, 6.07) is 9.65. The van der Waals surface area contributed by atoms with Crippen LogP contribution in [-0.2, 0) is 4.74 Å². The Labute approximate surface area is 124 Å². The van der Waals surface area contributed by atoms with E-state index >= 15 is 0 Å². The first kappa shape index (κ1) is 15.8. The van der Waals surface area contributed by atoms with Crippen molar-refractivity contribution in [2.45, 2.75) is 24.3 Å². The van der Waals surface area contributed by atoms with Gasteiger partial charge in [-0.3, -0.25) is 0 Å². The van der Waals surface area contributed by atoms with E-state index in [0.717, 1.165) is 18.4 Å². The summed E-state index contributed by atoms with van der Waals surface area (Å²) in [4.78, 5) is 0. The van der Waals surface area contributed by atoms with Crippen molar-refractivity contribution in [2.24, 2.45) is 10.9 Å². The van der Waals surface area contributed by atoms with Crippen LogP contribution in [0.5, 0.6) is 0 Å². The number of nitrogens with two attached hydrogens (primary N) is 1. The average molecular weight is 293 g/mol. The van der Waals surface area contributed by atoms with Gasteiger partial charge in [-0.2, -0.15) is 0 Å². The van der Waals surface area contributed by atoms with E-state index in [-0.39, 0.29) is 23.9 Å². The molecule has 1 aliphatic rings. The fraction of sp³-hybridized carbons (Fsp3) is 0.533. The number of nitrogens with zero attached hydrogens (tertiary/aromatic N) is 1. The molecule has 1 atom stereocenters. The zero-order valence-corrected chi connectivity index (χ0v) is 12.0. The number of ether oxygens (including phenoxy) is 1. The minimum Gasteiger partial charge on any atom is -0.409 e. The lowest BCUT2D eigenvalue weighted by atomic mass is 9.89. The molecule has 1 heterocycles. The van der Waals surface area contributed by atoms with Crippen LogP contribution in [0.2, 0.25) is 0 Å². The van der Waals surface area contributed by atoms with Crippen LogP contribution < -0.4 is 11.1 Å². The van der Waals surface area contributed by atoms with Gasteiger partial charge in [0.15, 0.2) is 0 Å². The number of nitrogens with one attached hydrogen (secondary N) is 1. The first-order valence-electron chi connectivity index (χ1n) is 7.17. The molecule has 2 rings (SSSR count). The molecule has 1 aliphatic heterocycles. The Bertz CT molecular complexity index is 458. The molecule has 0 spiro atoms. The normalized spacial score (nSPS) is 20.1. The maximum absolute atomic E-state index is 9.69. The van der Waals surface area contributed by atoms with Crippen LogP contribution in [0, 0.1) is 0 Å². The highest BCUT2D eigenvalue weighted by atomic mass is 16.5. The smallest absolute Gasteiger partial charge is 0.147 e. The van der Waals surface area contributed by atoms with E-state index in [2.05, 4.69) is 10.5 Å². The molecular weight excluding hydrogens is 270 g/mol. The number of aliphatic hydroxyl groups excluding tert-OH is 1. The van der Waals surface area contributed by atoms with Crippen molar-refractivity contribution in [2.75, 3.05) is 26.4 Å². The first-order chi connectivity index (χ1) is 10.2. The van der Waals surface area contributed by atoms with Crippen molar-refractivity contribution in [1.29, 1.82) is 0 Å². The lowest BCUT2D eigenvalue weighted by molar-refractivity contribution is 0.0120. The largest absolute Gasteiger partial charge is 0.409 e. The number of aliphatic hydroxyl groups is 1. The van der Waals surface area contributed by atoms with E-state index in [1.165, 1.54) is 0 Å². The van der Waals surface area contributed by atoms with Crippen LogP contribution in [0.25, 0.3) is 0 Å². The topological polar surface area (TPSA) is 100 Å². The van der Waals surface area contributed by atoms with Gasteiger partial charge in [0.05, 0.1) is 12.5 Å². The molecule has 1 aromatic carbocycles. The first-order valence-corrected chi connectivity index (χ1v) is 7.17. The van der Waals surface area contributed by atoms with Gasteiger partial charge < -0.3 is 26.1 Å². The maximum atomic E-state index is 9.69. The SMILES string of the molecule is N/C(=N/O)C(CNC1(CO)CCOCC1)c1ccccc1. The van der Waals surface area contributed by atoms with Gasteiger partial charge in [0.1, 0.15) is 5.84 Å². The molecule has 1 saturated heterocycles. The highest BCUT2D eigenvalue weighted by Gasteiger charge is 2.32. The third-order valence-corrected chi connectivity index (χ3v) is 4.11. The average Bonchev–Trinajstić information content (AvgIpc) is 2.56. The van der Waals surface area contributed by atoms with Gasteiger partial charge >= 0.3 is 0 Å².